The number of rotatable bonds is 3. The molecule has 0 spiro atoms. The summed E-state index contributed by atoms with van der Waals surface area (Å²) in [5, 5.41) is 0. The first-order valence-corrected chi connectivity index (χ1v) is 6.44. The number of aryl methyl sites for hydroxylation is 1. The number of hydrogen-bond acceptors (Lipinski definition) is 2. The topological polar surface area (TPSA) is 20.3 Å². The van der Waals surface area contributed by atoms with Crippen LogP contribution in [0.1, 0.15) is 28.8 Å². The van der Waals surface area contributed by atoms with Crippen LogP contribution in [-0.4, -0.2) is 29.6 Å². The lowest BCUT2D eigenvalue weighted by molar-refractivity contribution is 0.0761. The van der Waals surface area contributed by atoms with E-state index in [1.807, 2.05) is 23.1 Å². The SMILES string of the molecule is O=C1c2ccccc2CCCN1CCCS. The van der Waals surface area contributed by atoms with E-state index in [4.69, 9.17) is 0 Å². The smallest absolute Gasteiger partial charge is 0.254 e. The fourth-order valence-corrected chi connectivity index (χ4v) is 2.30. The molecular formula is C13H17NOS. The van der Waals surface area contributed by atoms with E-state index in [1.165, 1.54) is 5.56 Å². The Balaban J connectivity index is 2.20. The van der Waals surface area contributed by atoms with E-state index in [-0.39, 0.29) is 5.91 Å². The van der Waals surface area contributed by atoms with Gasteiger partial charge in [0.15, 0.2) is 0 Å². The molecule has 0 aliphatic carbocycles. The van der Waals surface area contributed by atoms with Gasteiger partial charge in [-0.2, -0.15) is 12.6 Å². The molecule has 1 aromatic rings. The Bertz CT molecular complexity index is 376. The van der Waals surface area contributed by atoms with Crippen molar-refractivity contribution in [2.45, 2.75) is 19.3 Å². The van der Waals surface area contributed by atoms with Gasteiger partial charge in [0.1, 0.15) is 0 Å². The molecule has 1 aliphatic heterocycles. The van der Waals surface area contributed by atoms with Crippen LogP contribution in [0.25, 0.3) is 0 Å². The summed E-state index contributed by atoms with van der Waals surface area (Å²) in [5.74, 6) is 1.03. The first-order valence-electron chi connectivity index (χ1n) is 5.81. The third kappa shape index (κ3) is 2.40. The van der Waals surface area contributed by atoms with Crippen molar-refractivity contribution >= 4 is 18.5 Å². The highest BCUT2D eigenvalue weighted by Gasteiger charge is 2.20. The van der Waals surface area contributed by atoms with Crippen molar-refractivity contribution in [1.29, 1.82) is 0 Å². The Hall–Kier alpha value is -0.960. The second kappa shape index (κ2) is 5.39. The van der Waals surface area contributed by atoms with Gasteiger partial charge in [-0.05, 0) is 36.6 Å². The van der Waals surface area contributed by atoms with Gasteiger partial charge in [-0.25, -0.2) is 0 Å². The Morgan fingerprint density at radius 2 is 2.12 bits per heavy atom. The molecule has 0 fully saturated rings. The van der Waals surface area contributed by atoms with Gasteiger partial charge in [0, 0.05) is 18.7 Å². The van der Waals surface area contributed by atoms with E-state index in [0.29, 0.717) is 0 Å². The van der Waals surface area contributed by atoms with Crippen LogP contribution in [0.2, 0.25) is 0 Å². The van der Waals surface area contributed by atoms with Crippen molar-refractivity contribution in [2.24, 2.45) is 0 Å². The first kappa shape index (κ1) is 11.5. The van der Waals surface area contributed by atoms with E-state index in [0.717, 1.165) is 43.7 Å². The number of hydrogen-bond donors (Lipinski definition) is 1. The van der Waals surface area contributed by atoms with Crippen molar-refractivity contribution in [3.8, 4) is 0 Å². The zero-order chi connectivity index (χ0) is 11.4. The molecule has 0 saturated carbocycles. The highest BCUT2D eigenvalue weighted by molar-refractivity contribution is 7.80. The average Bonchev–Trinajstić information content (AvgIpc) is 2.47. The fourth-order valence-electron chi connectivity index (χ4n) is 2.15. The summed E-state index contributed by atoms with van der Waals surface area (Å²) in [5.41, 5.74) is 2.08. The monoisotopic (exact) mass is 235 g/mol. The van der Waals surface area contributed by atoms with E-state index in [1.54, 1.807) is 0 Å². The van der Waals surface area contributed by atoms with Gasteiger partial charge in [-0.3, -0.25) is 4.79 Å². The van der Waals surface area contributed by atoms with Crippen LogP contribution in [0.5, 0.6) is 0 Å². The van der Waals surface area contributed by atoms with Crippen LogP contribution < -0.4 is 0 Å². The van der Waals surface area contributed by atoms with Crippen molar-refractivity contribution in [2.75, 3.05) is 18.8 Å². The number of nitrogens with zero attached hydrogens (tertiary/aromatic N) is 1. The minimum absolute atomic E-state index is 0.190. The number of amides is 1. The molecule has 86 valence electrons. The molecule has 2 rings (SSSR count). The highest BCUT2D eigenvalue weighted by atomic mass is 32.1. The summed E-state index contributed by atoms with van der Waals surface area (Å²) in [7, 11) is 0. The van der Waals surface area contributed by atoms with Crippen LogP contribution in [0.3, 0.4) is 0 Å². The van der Waals surface area contributed by atoms with E-state index < -0.39 is 0 Å². The van der Waals surface area contributed by atoms with Gasteiger partial charge in [0.05, 0.1) is 0 Å². The zero-order valence-electron chi connectivity index (χ0n) is 9.35. The molecule has 0 atom stereocenters. The fraction of sp³-hybridized carbons (Fsp3) is 0.462. The van der Waals surface area contributed by atoms with Gasteiger partial charge < -0.3 is 4.90 Å². The van der Waals surface area contributed by atoms with Crippen molar-refractivity contribution in [1.82, 2.24) is 4.90 Å². The molecule has 16 heavy (non-hydrogen) atoms. The van der Waals surface area contributed by atoms with E-state index in [2.05, 4.69) is 18.7 Å². The van der Waals surface area contributed by atoms with Crippen LogP contribution in [0.15, 0.2) is 24.3 Å². The third-order valence-electron chi connectivity index (χ3n) is 3.00. The third-order valence-corrected chi connectivity index (χ3v) is 3.31. The molecular weight excluding hydrogens is 218 g/mol. The maximum Gasteiger partial charge on any atom is 0.254 e. The highest BCUT2D eigenvalue weighted by Crippen LogP contribution is 2.18. The predicted octanol–water partition coefficient (Wildman–Crippen LogP) is 2.39. The molecule has 1 amide bonds. The molecule has 1 heterocycles. The first-order chi connectivity index (χ1) is 7.83. The largest absolute Gasteiger partial charge is 0.339 e. The standard InChI is InChI=1S/C13H17NOS/c15-13-12-7-2-1-5-11(12)6-3-8-14(13)9-4-10-16/h1-2,5,7,16H,3-4,6,8-10H2. The quantitative estimate of drug-likeness (QED) is 0.798. The molecule has 0 aromatic heterocycles. The van der Waals surface area contributed by atoms with Crippen molar-refractivity contribution < 1.29 is 4.79 Å². The summed E-state index contributed by atoms with van der Waals surface area (Å²) in [6.45, 7) is 1.71. The minimum atomic E-state index is 0.190. The number of thiol groups is 1. The summed E-state index contributed by atoms with van der Waals surface area (Å²) < 4.78 is 0. The molecule has 0 N–H and O–H groups in total. The molecule has 0 radical (unpaired) electrons. The Kier molecular flexibility index (Phi) is 3.88. The molecule has 1 aliphatic rings. The summed E-state index contributed by atoms with van der Waals surface area (Å²) in [6, 6.07) is 7.96. The maximum atomic E-state index is 12.2. The number of benzene rings is 1. The summed E-state index contributed by atoms with van der Waals surface area (Å²) in [6.07, 6.45) is 3.05. The van der Waals surface area contributed by atoms with Gasteiger partial charge in [-0.1, -0.05) is 18.2 Å². The minimum Gasteiger partial charge on any atom is -0.339 e. The maximum absolute atomic E-state index is 12.2. The van der Waals surface area contributed by atoms with E-state index >= 15 is 0 Å². The second-order valence-corrected chi connectivity index (χ2v) is 4.58. The van der Waals surface area contributed by atoms with Crippen LogP contribution in [-0.2, 0) is 6.42 Å². The van der Waals surface area contributed by atoms with Crippen molar-refractivity contribution in [3.05, 3.63) is 35.4 Å². The molecule has 1 aromatic carbocycles. The molecule has 0 bridgehead atoms. The van der Waals surface area contributed by atoms with Gasteiger partial charge in [0.25, 0.3) is 5.91 Å². The Morgan fingerprint density at radius 1 is 1.31 bits per heavy atom. The van der Waals surface area contributed by atoms with Gasteiger partial charge in [-0.15, -0.1) is 0 Å². The van der Waals surface area contributed by atoms with Crippen LogP contribution >= 0.6 is 12.6 Å². The second-order valence-electron chi connectivity index (χ2n) is 4.13. The summed E-state index contributed by atoms with van der Waals surface area (Å²) in [4.78, 5) is 14.2. The zero-order valence-corrected chi connectivity index (χ0v) is 10.2. The molecule has 0 saturated heterocycles. The molecule has 2 nitrogen and oxygen atoms in total. The summed E-state index contributed by atoms with van der Waals surface area (Å²) >= 11 is 4.19. The lowest BCUT2D eigenvalue weighted by atomic mass is 10.0. The molecule has 3 heteroatoms. The Labute approximate surface area is 102 Å². The van der Waals surface area contributed by atoms with Crippen molar-refractivity contribution in [3.63, 3.8) is 0 Å². The average molecular weight is 235 g/mol. The number of carbonyl (C=O) groups is 1. The number of fused-ring (bicyclic) bond motifs is 1. The number of carbonyl (C=O) groups excluding carboxylic acids is 1. The Morgan fingerprint density at radius 3 is 2.94 bits per heavy atom. The van der Waals surface area contributed by atoms with Gasteiger partial charge >= 0.3 is 0 Å². The predicted molar refractivity (Wildman–Crippen MR) is 69.1 cm³/mol. The normalized spacial score (nSPS) is 15.8. The van der Waals surface area contributed by atoms with Crippen LogP contribution in [0.4, 0.5) is 0 Å². The molecule has 0 unspecified atom stereocenters. The van der Waals surface area contributed by atoms with E-state index in [9.17, 15) is 4.79 Å². The van der Waals surface area contributed by atoms with Crippen LogP contribution in [0, 0.1) is 0 Å². The van der Waals surface area contributed by atoms with Gasteiger partial charge in [0.2, 0.25) is 0 Å². The lowest BCUT2D eigenvalue weighted by Gasteiger charge is -2.20. The lowest BCUT2D eigenvalue weighted by Crippen LogP contribution is -2.32.